The van der Waals surface area contributed by atoms with Crippen LogP contribution in [0.2, 0.25) is 0 Å². The van der Waals surface area contributed by atoms with E-state index in [1.54, 1.807) is 15.9 Å². The van der Waals surface area contributed by atoms with Crippen LogP contribution in [0.3, 0.4) is 0 Å². The molecule has 2 nitrogen and oxygen atoms in total. The van der Waals surface area contributed by atoms with E-state index in [2.05, 4.69) is 0 Å². The summed E-state index contributed by atoms with van der Waals surface area (Å²) in [7, 11) is 1.46. The highest BCUT2D eigenvalue weighted by Gasteiger charge is 2.60. The average Bonchev–Trinajstić information content (AvgIpc) is 2.33. The predicted octanol–water partition coefficient (Wildman–Crippen LogP) is 1.85. The van der Waals surface area contributed by atoms with Crippen LogP contribution in [0, 0.1) is 0 Å². The summed E-state index contributed by atoms with van der Waals surface area (Å²) < 4.78 is 51.7. The van der Waals surface area contributed by atoms with Crippen LogP contribution in [0.5, 0.6) is 0 Å². The van der Waals surface area contributed by atoms with Crippen molar-refractivity contribution in [3.8, 4) is 0 Å². The minimum Gasteiger partial charge on any atom is -0.239 e. The number of nitrogens with zero attached hydrogens (tertiary/aromatic N) is 2. The van der Waals surface area contributed by atoms with Gasteiger partial charge in [0.1, 0.15) is 12.4 Å². The summed E-state index contributed by atoms with van der Waals surface area (Å²) >= 11 is 1.63. The third-order valence-electron chi connectivity index (χ3n) is 1.43. The summed E-state index contributed by atoms with van der Waals surface area (Å²) in [5.74, 6) is 0. The molecule has 0 aliphatic heterocycles. The van der Waals surface area contributed by atoms with Gasteiger partial charge in [-0.25, -0.2) is 4.57 Å². The molecule has 0 saturated heterocycles. The lowest BCUT2D eigenvalue weighted by molar-refractivity contribution is -0.671. The monoisotopic (exact) mass is 261 g/mol. The number of hydrogen-bond donors (Lipinski definition) is 0. The Hall–Kier alpha value is -0.590. The van der Waals surface area contributed by atoms with Crippen LogP contribution in [0.4, 0.5) is 17.6 Å². The molecule has 0 amide bonds. The van der Waals surface area contributed by atoms with Crippen molar-refractivity contribution in [1.82, 2.24) is 4.57 Å². The number of aryl methyl sites for hydroxylation is 1. The fraction of sp³-hybridized carbons (Fsp3) is 0.500. The molecule has 0 saturated carbocycles. The van der Waals surface area contributed by atoms with Crippen LogP contribution in [-0.4, -0.2) is 9.40 Å². The first kappa shape index (κ1) is 10.5. The number of rotatable bonds is 2. The molecule has 0 aliphatic rings. The fourth-order valence-corrected chi connectivity index (χ4v) is 0.967. The zero-order chi connectivity index (χ0) is 10.3. The molecule has 0 spiro atoms. The van der Waals surface area contributed by atoms with E-state index in [1.165, 1.54) is 17.8 Å². The Balaban J connectivity index is 3.07. The standard InChI is InChI=1S/C6H6BrF4N2/c1-12-2-3-13(4-12)6(10,11)5(7,8)9/h2-4H,1H3/q+1. The minimum absolute atomic E-state index is 0.141. The van der Waals surface area contributed by atoms with Gasteiger partial charge in [0.2, 0.25) is 6.33 Å². The van der Waals surface area contributed by atoms with Gasteiger partial charge >= 0.3 is 10.9 Å². The first-order valence-electron chi connectivity index (χ1n) is 3.23. The van der Waals surface area contributed by atoms with Gasteiger partial charge in [0.25, 0.3) is 0 Å². The summed E-state index contributed by atoms with van der Waals surface area (Å²) in [6.45, 7) is 0. The maximum absolute atomic E-state index is 12.8. The Bertz CT molecular complexity index is 304. The van der Waals surface area contributed by atoms with E-state index in [-0.39, 0.29) is 4.57 Å². The normalized spacial score (nSPS) is 13.4. The SMILES string of the molecule is C[n+]1ccn(C(F)(F)C(F)(F)Br)c1. The Morgan fingerprint density at radius 3 is 2.15 bits per heavy atom. The van der Waals surface area contributed by atoms with Crippen LogP contribution in [0.1, 0.15) is 0 Å². The zero-order valence-corrected chi connectivity index (χ0v) is 8.10. The molecule has 1 heterocycles. The Kier molecular flexibility index (Phi) is 2.40. The largest absolute Gasteiger partial charge is 0.473 e. The molecule has 0 aromatic carbocycles. The summed E-state index contributed by atoms with van der Waals surface area (Å²) in [6, 6.07) is -4.27. The quantitative estimate of drug-likeness (QED) is 0.437. The third kappa shape index (κ3) is 1.84. The third-order valence-corrected chi connectivity index (χ3v) is 1.91. The molecule has 13 heavy (non-hydrogen) atoms. The van der Waals surface area contributed by atoms with Crippen molar-refractivity contribution in [2.45, 2.75) is 10.9 Å². The number of halogens is 5. The van der Waals surface area contributed by atoms with E-state index in [1.807, 2.05) is 0 Å². The first-order valence-corrected chi connectivity index (χ1v) is 4.02. The molecule has 1 aromatic rings. The first-order chi connectivity index (χ1) is 5.75. The molecule has 0 radical (unpaired) electrons. The second-order valence-electron chi connectivity index (χ2n) is 2.53. The van der Waals surface area contributed by atoms with Crippen molar-refractivity contribution < 1.29 is 22.1 Å². The van der Waals surface area contributed by atoms with E-state index < -0.39 is 10.9 Å². The number of hydrogen-bond acceptors (Lipinski definition) is 0. The molecule has 0 atom stereocenters. The Morgan fingerprint density at radius 2 is 1.85 bits per heavy atom. The maximum atomic E-state index is 12.8. The smallest absolute Gasteiger partial charge is 0.239 e. The zero-order valence-electron chi connectivity index (χ0n) is 6.52. The average molecular weight is 262 g/mol. The Morgan fingerprint density at radius 1 is 1.31 bits per heavy atom. The lowest BCUT2D eigenvalue weighted by atomic mass is 10.5. The van der Waals surface area contributed by atoms with Gasteiger partial charge in [-0.3, -0.25) is 0 Å². The van der Waals surface area contributed by atoms with E-state index in [9.17, 15) is 17.6 Å². The maximum Gasteiger partial charge on any atom is 0.473 e. The summed E-state index contributed by atoms with van der Waals surface area (Å²) in [5, 5.41) is 0. The van der Waals surface area contributed by atoms with Gasteiger partial charge in [0, 0.05) is 15.9 Å². The van der Waals surface area contributed by atoms with E-state index in [0.29, 0.717) is 0 Å². The molecule has 7 heteroatoms. The summed E-state index contributed by atoms with van der Waals surface area (Å²) in [5.41, 5.74) is 0. The number of aromatic nitrogens is 2. The minimum atomic E-state index is -4.27. The molecule has 0 bridgehead atoms. The molecule has 1 aromatic heterocycles. The van der Waals surface area contributed by atoms with Crippen LogP contribution in [0.15, 0.2) is 18.7 Å². The molecule has 0 N–H and O–H groups in total. The van der Waals surface area contributed by atoms with Crippen molar-refractivity contribution in [3.63, 3.8) is 0 Å². The fourth-order valence-electron chi connectivity index (χ4n) is 0.763. The molecule has 1 rings (SSSR count). The molecule has 74 valence electrons. The van der Waals surface area contributed by atoms with Crippen molar-refractivity contribution in [3.05, 3.63) is 18.7 Å². The summed E-state index contributed by atoms with van der Waals surface area (Å²) in [4.78, 5) is -4.26. The van der Waals surface area contributed by atoms with Crippen LogP contribution >= 0.6 is 15.9 Å². The lowest BCUT2D eigenvalue weighted by Gasteiger charge is -2.16. The van der Waals surface area contributed by atoms with E-state index in [4.69, 9.17) is 0 Å². The van der Waals surface area contributed by atoms with Gasteiger partial charge in [-0.2, -0.15) is 22.1 Å². The van der Waals surface area contributed by atoms with E-state index in [0.717, 1.165) is 12.5 Å². The predicted molar refractivity (Wildman–Crippen MR) is 39.7 cm³/mol. The van der Waals surface area contributed by atoms with Crippen molar-refractivity contribution in [2.75, 3.05) is 0 Å². The molecule has 0 unspecified atom stereocenters. The van der Waals surface area contributed by atoms with Crippen LogP contribution < -0.4 is 4.57 Å². The number of imidazole rings is 1. The molecule has 0 fully saturated rings. The van der Waals surface area contributed by atoms with Crippen LogP contribution in [-0.2, 0) is 13.1 Å². The van der Waals surface area contributed by atoms with Gasteiger partial charge in [0.15, 0.2) is 0 Å². The topological polar surface area (TPSA) is 8.81 Å². The van der Waals surface area contributed by atoms with Gasteiger partial charge in [-0.05, 0) is 0 Å². The Labute approximate surface area is 79.9 Å². The number of alkyl halides is 5. The van der Waals surface area contributed by atoms with E-state index >= 15 is 0 Å². The second kappa shape index (κ2) is 2.97. The highest BCUT2D eigenvalue weighted by Crippen LogP contribution is 2.42. The lowest BCUT2D eigenvalue weighted by Crippen LogP contribution is -2.38. The molecular weight excluding hydrogens is 256 g/mol. The van der Waals surface area contributed by atoms with Gasteiger partial charge in [-0.1, -0.05) is 0 Å². The molecule has 0 aliphatic carbocycles. The van der Waals surface area contributed by atoms with Gasteiger partial charge in [-0.15, -0.1) is 0 Å². The molecular formula is C6H6BrF4N2+. The van der Waals surface area contributed by atoms with Gasteiger partial charge in [0.05, 0.1) is 7.05 Å². The second-order valence-corrected chi connectivity index (χ2v) is 3.52. The van der Waals surface area contributed by atoms with Crippen molar-refractivity contribution >= 4 is 15.9 Å². The summed E-state index contributed by atoms with van der Waals surface area (Å²) in [6.07, 6.45) is 2.98. The highest BCUT2D eigenvalue weighted by molar-refractivity contribution is 9.10. The van der Waals surface area contributed by atoms with Crippen molar-refractivity contribution in [2.24, 2.45) is 7.05 Å². The van der Waals surface area contributed by atoms with Crippen molar-refractivity contribution in [1.29, 1.82) is 0 Å². The van der Waals surface area contributed by atoms with Crippen LogP contribution in [0.25, 0.3) is 0 Å². The highest BCUT2D eigenvalue weighted by atomic mass is 79.9. The van der Waals surface area contributed by atoms with Gasteiger partial charge < -0.3 is 0 Å².